The van der Waals surface area contributed by atoms with Crippen LogP contribution in [0.2, 0.25) is 0 Å². The van der Waals surface area contributed by atoms with Gasteiger partial charge < -0.3 is 9.32 Å². The number of hydrogen-bond donors (Lipinski definition) is 0. The Balaban J connectivity index is 1.23. The predicted octanol–water partition coefficient (Wildman–Crippen LogP) is 11.6. The molecule has 0 spiro atoms. The number of para-hydroxylation sites is 1. The lowest BCUT2D eigenvalue weighted by Gasteiger charge is -2.26. The number of pyridine rings is 1. The Kier molecular flexibility index (Phi) is 5.50. The van der Waals surface area contributed by atoms with Gasteiger partial charge in [-0.3, -0.25) is 4.98 Å². The Morgan fingerprint density at radius 1 is 0.477 bits per heavy atom. The lowest BCUT2D eigenvalue weighted by Crippen LogP contribution is -2.10. The minimum atomic E-state index is 0.835. The molecule has 0 unspecified atom stereocenters. The monoisotopic (exact) mass is 562 g/mol. The maximum atomic E-state index is 6.23. The normalized spacial score (nSPS) is 11.6. The van der Waals surface area contributed by atoms with Crippen molar-refractivity contribution in [1.29, 1.82) is 0 Å². The first-order valence-electron chi connectivity index (χ1n) is 14.9. The molecule has 7 aromatic carbocycles. The van der Waals surface area contributed by atoms with Crippen LogP contribution >= 0.6 is 0 Å². The van der Waals surface area contributed by atoms with Gasteiger partial charge in [-0.05, 0) is 92.0 Å². The summed E-state index contributed by atoms with van der Waals surface area (Å²) in [7, 11) is 0. The number of rotatable bonds is 4. The largest absolute Gasteiger partial charge is 0.456 e. The van der Waals surface area contributed by atoms with Gasteiger partial charge in [-0.25, -0.2) is 0 Å². The first-order valence-corrected chi connectivity index (χ1v) is 14.9. The van der Waals surface area contributed by atoms with Crippen LogP contribution in [0.5, 0.6) is 0 Å². The summed E-state index contributed by atoms with van der Waals surface area (Å²) in [5.74, 6) is 0. The van der Waals surface area contributed by atoms with Crippen molar-refractivity contribution in [3.8, 4) is 11.1 Å². The van der Waals surface area contributed by atoms with Gasteiger partial charge in [0.2, 0.25) is 0 Å². The molecule has 0 fully saturated rings. The van der Waals surface area contributed by atoms with Crippen molar-refractivity contribution in [2.45, 2.75) is 0 Å². The van der Waals surface area contributed by atoms with Gasteiger partial charge in [0.05, 0.1) is 11.1 Å². The number of fused-ring (bicyclic) bond motifs is 8. The lowest BCUT2D eigenvalue weighted by molar-refractivity contribution is 0.668. The Morgan fingerprint density at radius 2 is 1.20 bits per heavy atom. The average Bonchev–Trinajstić information content (AvgIpc) is 3.48. The molecule has 0 aliphatic rings. The van der Waals surface area contributed by atoms with E-state index in [-0.39, 0.29) is 0 Å². The molecule has 9 rings (SSSR count). The van der Waals surface area contributed by atoms with Gasteiger partial charge >= 0.3 is 0 Å². The molecule has 0 amide bonds. The minimum absolute atomic E-state index is 0.835. The fraction of sp³-hybridized carbons (Fsp3) is 0. The number of aromatic nitrogens is 1. The van der Waals surface area contributed by atoms with Crippen LogP contribution < -0.4 is 4.90 Å². The summed E-state index contributed by atoms with van der Waals surface area (Å²) in [6.07, 6.45) is 3.67. The highest BCUT2D eigenvalue weighted by atomic mass is 16.3. The van der Waals surface area contributed by atoms with Gasteiger partial charge in [-0.2, -0.15) is 0 Å². The Labute approximate surface area is 254 Å². The molecule has 0 atom stereocenters. The first kappa shape index (κ1) is 24.6. The van der Waals surface area contributed by atoms with Crippen LogP contribution in [0.3, 0.4) is 0 Å². The van der Waals surface area contributed by atoms with E-state index in [1.54, 1.807) is 6.20 Å². The molecular weight excluding hydrogens is 536 g/mol. The smallest absolute Gasteiger partial charge is 0.138 e. The summed E-state index contributed by atoms with van der Waals surface area (Å²) in [6, 6.07) is 51.9. The molecule has 2 aromatic heterocycles. The Hall–Kier alpha value is -5.93. The van der Waals surface area contributed by atoms with E-state index in [4.69, 9.17) is 4.42 Å². The van der Waals surface area contributed by atoms with Crippen LogP contribution in [0.4, 0.5) is 17.1 Å². The Morgan fingerprint density at radius 3 is 2.07 bits per heavy atom. The van der Waals surface area contributed by atoms with Crippen LogP contribution in [0, 0.1) is 0 Å². The van der Waals surface area contributed by atoms with Crippen molar-refractivity contribution in [2.75, 3.05) is 4.90 Å². The molecule has 0 saturated heterocycles. The van der Waals surface area contributed by atoms with Crippen molar-refractivity contribution in [3.05, 3.63) is 158 Å². The second-order valence-corrected chi connectivity index (χ2v) is 11.2. The molecule has 0 bridgehead atoms. The molecule has 3 heteroatoms. The van der Waals surface area contributed by atoms with Crippen molar-refractivity contribution >= 4 is 71.3 Å². The van der Waals surface area contributed by atoms with Crippen molar-refractivity contribution in [1.82, 2.24) is 4.98 Å². The molecule has 2 heterocycles. The number of furan rings is 1. The summed E-state index contributed by atoms with van der Waals surface area (Å²) in [6.45, 7) is 0. The quantitative estimate of drug-likeness (QED) is 0.200. The second kappa shape index (κ2) is 9.82. The van der Waals surface area contributed by atoms with Gasteiger partial charge in [0.25, 0.3) is 0 Å². The second-order valence-electron chi connectivity index (χ2n) is 11.2. The fourth-order valence-electron chi connectivity index (χ4n) is 6.75. The van der Waals surface area contributed by atoms with Gasteiger partial charge in [0.15, 0.2) is 0 Å². The van der Waals surface area contributed by atoms with Gasteiger partial charge in [-0.15, -0.1) is 0 Å². The maximum absolute atomic E-state index is 6.23. The van der Waals surface area contributed by atoms with Crippen LogP contribution in [-0.2, 0) is 0 Å². The molecule has 0 aliphatic heterocycles. The highest BCUT2D eigenvalue weighted by Crippen LogP contribution is 2.44. The fourth-order valence-corrected chi connectivity index (χ4v) is 6.75. The third-order valence-corrected chi connectivity index (χ3v) is 8.71. The molecule has 3 nitrogen and oxygen atoms in total. The maximum Gasteiger partial charge on any atom is 0.138 e. The van der Waals surface area contributed by atoms with Crippen molar-refractivity contribution < 1.29 is 4.42 Å². The third kappa shape index (κ3) is 3.80. The first-order chi connectivity index (χ1) is 21.8. The minimum Gasteiger partial charge on any atom is -0.456 e. The van der Waals surface area contributed by atoms with Crippen LogP contribution in [-0.4, -0.2) is 4.98 Å². The molecule has 0 saturated carbocycles. The highest BCUT2D eigenvalue weighted by molar-refractivity contribution is 6.23. The molecule has 0 N–H and O–H groups in total. The van der Waals surface area contributed by atoms with E-state index in [1.165, 1.54) is 43.4 Å². The zero-order chi connectivity index (χ0) is 29.0. The third-order valence-electron chi connectivity index (χ3n) is 8.71. The average molecular weight is 563 g/mol. The topological polar surface area (TPSA) is 29.3 Å². The van der Waals surface area contributed by atoms with E-state index in [0.717, 1.165) is 39.0 Å². The predicted molar refractivity (Wildman–Crippen MR) is 184 cm³/mol. The summed E-state index contributed by atoms with van der Waals surface area (Å²) in [4.78, 5) is 6.72. The number of anilines is 3. The van der Waals surface area contributed by atoms with Crippen LogP contribution in [0.1, 0.15) is 0 Å². The summed E-state index contributed by atoms with van der Waals surface area (Å²) >= 11 is 0. The summed E-state index contributed by atoms with van der Waals surface area (Å²) in [5, 5.41) is 9.70. The SMILES string of the molecule is c1ccc(N(c2ccc(-c3cc4ccc5ccccc5c4c4ccccc34)cc2)c2cccc3oc4ccncc4c23)cc1. The van der Waals surface area contributed by atoms with Crippen LogP contribution in [0.15, 0.2) is 162 Å². The van der Waals surface area contributed by atoms with Crippen molar-refractivity contribution in [3.63, 3.8) is 0 Å². The van der Waals surface area contributed by atoms with E-state index in [1.807, 2.05) is 18.3 Å². The number of benzene rings is 7. The Bertz CT molecular complexity index is 2490. The zero-order valence-corrected chi connectivity index (χ0v) is 23.8. The van der Waals surface area contributed by atoms with E-state index in [0.29, 0.717) is 0 Å². The van der Waals surface area contributed by atoms with Crippen LogP contribution in [0.25, 0.3) is 65.4 Å². The molecular formula is C41H26N2O. The standard InChI is InChI=1S/C41H26N2O/c1-2-10-30(11-3-1)43(37-15-8-16-39-41(37)36-26-42-24-23-38(36)44-39)31-21-19-28(20-22-31)35-25-29-18-17-27-9-4-5-12-32(27)40(29)34-14-7-6-13-33(34)35/h1-26H. The highest BCUT2D eigenvalue weighted by Gasteiger charge is 2.19. The summed E-state index contributed by atoms with van der Waals surface area (Å²) < 4.78 is 6.23. The lowest BCUT2D eigenvalue weighted by atomic mass is 9.90. The summed E-state index contributed by atoms with van der Waals surface area (Å²) in [5.41, 5.74) is 7.30. The van der Waals surface area contributed by atoms with Crippen molar-refractivity contribution in [2.24, 2.45) is 0 Å². The molecule has 9 aromatic rings. The molecule has 206 valence electrons. The number of nitrogens with zero attached hydrogens (tertiary/aromatic N) is 2. The zero-order valence-electron chi connectivity index (χ0n) is 23.8. The molecule has 0 radical (unpaired) electrons. The van der Waals surface area contributed by atoms with Gasteiger partial charge in [0, 0.05) is 29.2 Å². The molecule has 0 aliphatic carbocycles. The number of hydrogen-bond acceptors (Lipinski definition) is 3. The van der Waals surface area contributed by atoms with Gasteiger partial charge in [0.1, 0.15) is 11.2 Å². The van der Waals surface area contributed by atoms with Gasteiger partial charge in [-0.1, -0.05) is 97.1 Å². The van der Waals surface area contributed by atoms with E-state index < -0.39 is 0 Å². The van der Waals surface area contributed by atoms with E-state index >= 15 is 0 Å². The van der Waals surface area contributed by atoms with E-state index in [2.05, 4.69) is 143 Å². The van der Waals surface area contributed by atoms with E-state index in [9.17, 15) is 0 Å². The molecule has 44 heavy (non-hydrogen) atoms.